The summed E-state index contributed by atoms with van der Waals surface area (Å²) >= 11 is 7.69. The van der Waals surface area contributed by atoms with Crippen LogP contribution in [0, 0.1) is 0 Å². The number of halogens is 1. The molecule has 0 unspecified atom stereocenters. The Morgan fingerprint density at radius 1 is 1.15 bits per heavy atom. The van der Waals surface area contributed by atoms with Crippen molar-refractivity contribution >= 4 is 23.4 Å². The monoisotopic (exact) mass is 389 g/mol. The van der Waals surface area contributed by atoms with E-state index in [1.165, 1.54) is 0 Å². The number of ether oxygens (including phenoxy) is 3. The molecule has 1 aliphatic rings. The van der Waals surface area contributed by atoms with E-state index in [4.69, 9.17) is 25.8 Å². The maximum atomic E-state index is 6.06. The van der Waals surface area contributed by atoms with Crippen LogP contribution >= 0.6 is 23.4 Å². The fourth-order valence-electron chi connectivity index (χ4n) is 2.50. The second-order valence-electron chi connectivity index (χ2n) is 5.53. The summed E-state index contributed by atoms with van der Waals surface area (Å²) in [6, 6.07) is 13.2. The molecule has 0 amide bonds. The maximum absolute atomic E-state index is 6.06. The van der Waals surface area contributed by atoms with E-state index >= 15 is 0 Å². The Morgan fingerprint density at radius 2 is 2.08 bits per heavy atom. The predicted molar refractivity (Wildman–Crippen MR) is 99.8 cm³/mol. The van der Waals surface area contributed by atoms with Crippen LogP contribution in [0.2, 0.25) is 5.02 Å². The summed E-state index contributed by atoms with van der Waals surface area (Å²) in [5.41, 5.74) is 0.946. The Bertz CT molecular complexity index is 903. The highest BCUT2D eigenvalue weighted by atomic mass is 35.5. The van der Waals surface area contributed by atoms with E-state index in [1.54, 1.807) is 18.1 Å². The van der Waals surface area contributed by atoms with E-state index in [1.807, 2.05) is 47.0 Å². The first-order chi connectivity index (χ1) is 12.8. The van der Waals surface area contributed by atoms with Gasteiger partial charge in [0, 0.05) is 16.8 Å². The van der Waals surface area contributed by atoms with Crippen LogP contribution in [0.4, 0.5) is 0 Å². The molecule has 0 aliphatic carbocycles. The van der Waals surface area contributed by atoms with Gasteiger partial charge in [-0.25, -0.2) is 0 Å². The lowest BCUT2D eigenvalue weighted by Gasteiger charge is -2.08. The minimum absolute atomic E-state index is 0.267. The van der Waals surface area contributed by atoms with Crippen molar-refractivity contribution in [2.45, 2.75) is 11.6 Å². The molecule has 1 aliphatic heterocycles. The van der Waals surface area contributed by atoms with Gasteiger partial charge in [0.2, 0.25) is 6.79 Å². The highest BCUT2D eigenvalue weighted by Crippen LogP contribution is 2.35. The third-order valence-corrected chi connectivity index (χ3v) is 5.00. The fraction of sp³-hybridized carbons (Fsp3) is 0.222. The first-order valence-corrected chi connectivity index (χ1v) is 9.47. The fourth-order valence-corrected chi connectivity index (χ4v) is 3.53. The number of aromatic nitrogens is 3. The SMILES string of the molecule is Clc1cccc(-n2cnnc2SCCCOc2ccc3c(c2)OCO3)c1. The van der Waals surface area contributed by atoms with Gasteiger partial charge >= 0.3 is 0 Å². The summed E-state index contributed by atoms with van der Waals surface area (Å²) in [5, 5.41) is 9.69. The number of benzene rings is 2. The number of rotatable bonds is 7. The predicted octanol–water partition coefficient (Wildman–Crippen LogP) is 4.21. The lowest BCUT2D eigenvalue weighted by molar-refractivity contribution is 0.173. The smallest absolute Gasteiger partial charge is 0.231 e. The molecule has 0 bridgehead atoms. The Kier molecular flexibility index (Phi) is 5.17. The van der Waals surface area contributed by atoms with Gasteiger partial charge in [0.25, 0.3) is 0 Å². The summed E-state index contributed by atoms with van der Waals surface area (Å²) in [7, 11) is 0. The lowest BCUT2D eigenvalue weighted by Crippen LogP contribution is -2.00. The molecule has 0 spiro atoms. The van der Waals surface area contributed by atoms with Gasteiger partial charge in [0.05, 0.1) is 12.3 Å². The molecule has 0 radical (unpaired) electrons. The summed E-state index contributed by atoms with van der Waals surface area (Å²) in [6.07, 6.45) is 2.57. The van der Waals surface area contributed by atoms with E-state index in [0.29, 0.717) is 11.6 Å². The topological polar surface area (TPSA) is 58.4 Å². The van der Waals surface area contributed by atoms with Crippen molar-refractivity contribution < 1.29 is 14.2 Å². The van der Waals surface area contributed by atoms with Crippen molar-refractivity contribution in [2.75, 3.05) is 19.2 Å². The van der Waals surface area contributed by atoms with E-state index < -0.39 is 0 Å². The van der Waals surface area contributed by atoms with Crippen molar-refractivity contribution in [1.82, 2.24) is 14.8 Å². The van der Waals surface area contributed by atoms with Gasteiger partial charge < -0.3 is 14.2 Å². The number of hydrogen-bond donors (Lipinski definition) is 0. The zero-order chi connectivity index (χ0) is 17.8. The van der Waals surface area contributed by atoms with Gasteiger partial charge in [-0.15, -0.1) is 10.2 Å². The molecule has 0 atom stereocenters. The molecule has 0 saturated carbocycles. The average Bonchev–Trinajstić information content (AvgIpc) is 3.30. The van der Waals surface area contributed by atoms with Crippen molar-refractivity contribution in [3.63, 3.8) is 0 Å². The first-order valence-electron chi connectivity index (χ1n) is 8.11. The molecule has 8 heteroatoms. The van der Waals surface area contributed by atoms with Crippen LogP contribution in [0.5, 0.6) is 17.2 Å². The van der Waals surface area contributed by atoms with Crippen LogP contribution in [-0.2, 0) is 0 Å². The lowest BCUT2D eigenvalue weighted by atomic mass is 10.3. The number of hydrogen-bond acceptors (Lipinski definition) is 6. The second-order valence-corrected chi connectivity index (χ2v) is 7.03. The van der Waals surface area contributed by atoms with Crippen LogP contribution in [0.25, 0.3) is 5.69 Å². The highest BCUT2D eigenvalue weighted by Gasteiger charge is 2.13. The number of thioether (sulfide) groups is 1. The van der Waals surface area contributed by atoms with E-state index in [9.17, 15) is 0 Å². The minimum atomic E-state index is 0.267. The quantitative estimate of drug-likeness (QED) is 0.445. The van der Waals surface area contributed by atoms with Crippen molar-refractivity contribution in [3.05, 3.63) is 53.8 Å². The highest BCUT2D eigenvalue weighted by molar-refractivity contribution is 7.99. The molecule has 1 aromatic heterocycles. The van der Waals surface area contributed by atoms with Gasteiger partial charge in [0.15, 0.2) is 16.7 Å². The molecule has 0 N–H and O–H groups in total. The average molecular weight is 390 g/mol. The van der Waals surface area contributed by atoms with Crippen molar-refractivity contribution in [2.24, 2.45) is 0 Å². The molecule has 4 rings (SSSR count). The van der Waals surface area contributed by atoms with Gasteiger partial charge in [-0.05, 0) is 36.8 Å². The minimum Gasteiger partial charge on any atom is -0.493 e. The van der Waals surface area contributed by atoms with Crippen LogP contribution < -0.4 is 14.2 Å². The zero-order valence-corrected chi connectivity index (χ0v) is 15.4. The Balaban J connectivity index is 1.27. The Morgan fingerprint density at radius 3 is 3.00 bits per heavy atom. The number of nitrogens with zero attached hydrogens (tertiary/aromatic N) is 3. The van der Waals surface area contributed by atoms with Crippen LogP contribution in [0.3, 0.4) is 0 Å². The Labute approximate surface area is 160 Å². The summed E-state index contributed by atoms with van der Waals surface area (Å²) in [5.74, 6) is 3.13. The van der Waals surface area contributed by atoms with Crippen LogP contribution in [0.1, 0.15) is 6.42 Å². The van der Waals surface area contributed by atoms with Crippen LogP contribution in [-0.4, -0.2) is 33.9 Å². The van der Waals surface area contributed by atoms with E-state index in [2.05, 4.69) is 10.2 Å². The van der Waals surface area contributed by atoms with Gasteiger partial charge in [0.1, 0.15) is 12.1 Å². The summed E-state index contributed by atoms with van der Waals surface area (Å²) < 4.78 is 18.3. The van der Waals surface area contributed by atoms with Gasteiger partial charge in [-0.2, -0.15) is 0 Å². The largest absolute Gasteiger partial charge is 0.493 e. The molecule has 134 valence electrons. The third kappa shape index (κ3) is 3.89. The summed E-state index contributed by atoms with van der Waals surface area (Å²) in [6.45, 7) is 0.876. The van der Waals surface area contributed by atoms with Gasteiger partial charge in [-0.3, -0.25) is 4.57 Å². The molecule has 2 aromatic carbocycles. The summed E-state index contributed by atoms with van der Waals surface area (Å²) in [4.78, 5) is 0. The number of fused-ring (bicyclic) bond motifs is 1. The first kappa shape index (κ1) is 17.1. The molecule has 6 nitrogen and oxygen atoms in total. The van der Waals surface area contributed by atoms with E-state index in [0.717, 1.165) is 40.3 Å². The molecular weight excluding hydrogens is 374 g/mol. The normalized spacial score (nSPS) is 12.3. The molecule has 0 saturated heterocycles. The maximum Gasteiger partial charge on any atom is 0.231 e. The Hall–Kier alpha value is -2.38. The second kappa shape index (κ2) is 7.88. The van der Waals surface area contributed by atoms with Crippen molar-refractivity contribution in [1.29, 1.82) is 0 Å². The van der Waals surface area contributed by atoms with Crippen molar-refractivity contribution in [3.8, 4) is 22.9 Å². The van der Waals surface area contributed by atoms with E-state index in [-0.39, 0.29) is 6.79 Å². The van der Waals surface area contributed by atoms with Crippen LogP contribution in [0.15, 0.2) is 53.9 Å². The molecule has 3 aromatic rings. The van der Waals surface area contributed by atoms with Gasteiger partial charge in [-0.1, -0.05) is 29.4 Å². The molecule has 0 fully saturated rings. The molecular formula is C18H16ClN3O3S. The zero-order valence-electron chi connectivity index (χ0n) is 13.8. The molecule has 2 heterocycles. The third-order valence-electron chi connectivity index (χ3n) is 3.74. The molecule has 26 heavy (non-hydrogen) atoms. The standard InChI is InChI=1S/C18H16ClN3O3S/c19-13-3-1-4-14(9-13)22-11-20-21-18(22)26-8-2-7-23-15-5-6-16-17(10-15)25-12-24-16/h1,3-6,9-11H,2,7-8,12H2.